The van der Waals surface area contributed by atoms with E-state index in [0.717, 1.165) is 0 Å². The molecule has 0 saturated carbocycles. The van der Waals surface area contributed by atoms with E-state index in [4.69, 9.17) is 14.2 Å². The Morgan fingerprint density at radius 1 is 1.09 bits per heavy atom. The Morgan fingerprint density at radius 3 is 2.51 bits per heavy atom. The van der Waals surface area contributed by atoms with E-state index in [2.05, 4.69) is 10.3 Å². The summed E-state index contributed by atoms with van der Waals surface area (Å²) < 4.78 is 16.1. The summed E-state index contributed by atoms with van der Waals surface area (Å²) >= 11 is 1.28. The monoisotopic (exact) mass is 490 g/mol. The van der Waals surface area contributed by atoms with Gasteiger partial charge in [-0.15, -0.1) is 11.3 Å². The SMILES string of the molecule is COc1cc(/C=C2/N=C(c3ccc(NC(=O)C(C)C)cc3)OC2=O)ccc1OC(=O)c1cccs1. The van der Waals surface area contributed by atoms with Crippen molar-refractivity contribution < 1.29 is 28.6 Å². The molecule has 0 bridgehead atoms. The van der Waals surface area contributed by atoms with Crippen molar-refractivity contribution in [1.82, 2.24) is 0 Å². The number of methoxy groups -OCH3 is 1. The number of carbonyl (C=O) groups is 3. The maximum Gasteiger partial charge on any atom is 0.363 e. The Kier molecular flexibility index (Phi) is 7.07. The maximum absolute atomic E-state index is 12.4. The number of anilines is 1. The van der Waals surface area contributed by atoms with E-state index in [1.165, 1.54) is 18.4 Å². The Balaban J connectivity index is 1.51. The van der Waals surface area contributed by atoms with Crippen LogP contribution in [0.3, 0.4) is 0 Å². The molecule has 2 heterocycles. The topological polar surface area (TPSA) is 103 Å². The summed E-state index contributed by atoms with van der Waals surface area (Å²) in [6.07, 6.45) is 1.56. The smallest absolute Gasteiger partial charge is 0.363 e. The number of amides is 1. The maximum atomic E-state index is 12.4. The van der Waals surface area contributed by atoms with Gasteiger partial charge in [-0.25, -0.2) is 14.6 Å². The lowest BCUT2D eigenvalue weighted by atomic mass is 10.1. The lowest BCUT2D eigenvalue weighted by Gasteiger charge is -2.09. The van der Waals surface area contributed by atoms with Gasteiger partial charge in [0.1, 0.15) is 4.88 Å². The molecule has 0 radical (unpaired) electrons. The molecule has 35 heavy (non-hydrogen) atoms. The Bertz CT molecular complexity index is 1320. The molecule has 2 aromatic carbocycles. The van der Waals surface area contributed by atoms with Crippen LogP contribution in [0.25, 0.3) is 6.08 Å². The van der Waals surface area contributed by atoms with Crippen LogP contribution in [0.4, 0.5) is 5.69 Å². The van der Waals surface area contributed by atoms with Crippen molar-refractivity contribution in [2.24, 2.45) is 10.9 Å². The average molecular weight is 491 g/mol. The average Bonchev–Trinajstić information content (AvgIpc) is 3.51. The highest BCUT2D eigenvalue weighted by Gasteiger charge is 2.24. The number of ether oxygens (including phenoxy) is 3. The molecule has 178 valence electrons. The Morgan fingerprint density at radius 2 is 1.86 bits per heavy atom. The lowest BCUT2D eigenvalue weighted by Crippen LogP contribution is -2.17. The molecule has 1 amide bonds. The zero-order valence-corrected chi connectivity index (χ0v) is 20.0. The first kappa shape index (κ1) is 23.9. The van der Waals surface area contributed by atoms with Gasteiger partial charge in [-0.3, -0.25) is 4.79 Å². The van der Waals surface area contributed by atoms with Crippen LogP contribution in [0.2, 0.25) is 0 Å². The minimum Gasteiger partial charge on any atom is -0.493 e. The molecule has 0 aliphatic carbocycles. The summed E-state index contributed by atoms with van der Waals surface area (Å²) in [4.78, 5) is 41.3. The van der Waals surface area contributed by atoms with Gasteiger partial charge in [-0.05, 0) is 59.5 Å². The highest BCUT2D eigenvalue weighted by atomic mass is 32.1. The van der Waals surface area contributed by atoms with E-state index < -0.39 is 11.9 Å². The molecule has 0 saturated heterocycles. The second-order valence-electron chi connectivity index (χ2n) is 7.83. The van der Waals surface area contributed by atoms with Gasteiger partial charge >= 0.3 is 11.9 Å². The third kappa shape index (κ3) is 5.64. The number of hydrogen-bond acceptors (Lipinski definition) is 8. The van der Waals surface area contributed by atoms with Crippen molar-refractivity contribution in [2.75, 3.05) is 12.4 Å². The highest BCUT2D eigenvalue weighted by molar-refractivity contribution is 7.12. The largest absolute Gasteiger partial charge is 0.493 e. The van der Waals surface area contributed by atoms with Crippen LogP contribution in [-0.2, 0) is 14.3 Å². The van der Waals surface area contributed by atoms with E-state index in [0.29, 0.717) is 27.4 Å². The molecule has 4 rings (SSSR count). The number of nitrogens with zero attached hydrogens (tertiary/aromatic N) is 1. The first-order chi connectivity index (χ1) is 16.8. The van der Waals surface area contributed by atoms with Crippen molar-refractivity contribution in [2.45, 2.75) is 13.8 Å². The van der Waals surface area contributed by atoms with Crippen molar-refractivity contribution in [3.8, 4) is 11.5 Å². The number of rotatable bonds is 7. The fraction of sp³-hybridized carbons (Fsp3) is 0.154. The molecule has 1 aliphatic heterocycles. The van der Waals surface area contributed by atoms with E-state index in [9.17, 15) is 14.4 Å². The standard InChI is InChI=1S/C26H22N2O6S/c1-15(2)23(29)27-18-9-7-17(8-10-18)24-28-19(25(30)34-24)13-16-6-11-20(21(14-16)32-3)33-26(31)22-5-4-12-35-22/h4-15H,1-3H3,(H,27,29)/b19-13+. The van der Waals surface area contributed by atoms with E-state index >= 15 is 0 Å². The number of thiophene rings is 1. The molecule has 0 atom stereocenters. The molecule has 0 spiro atoms. The minimum absolute atomic E-state index is 0.0876. The van der Waals surface area contributed by atoms with E-state index in [1.54, 1.807) is 66.1 Å². The van der Waals surface area contributed by atoms with Gasteiger partial charge in [0, 0.05) is 17.2 Å². The zero-order chi connectivity index (χ0) is 24.9. The van der Waals surface area contributed by atoms with Crippen molar-refractivity contribution in [3.63, 3.8) is 0 Å². The minimum atomic E-state index is -0.593. The third-order valence-corrected chi connectivity index (χ3v) is 5.81. The number of carbonyl (C=O) groups excluding carboxylic acids is 3. The molecule has 3 aromatic rings. The zero-order valence-electron chi connectivity index (χ0n) is 19.2. The summed E-state index contributed by atoms with van der Waals surface area (Å²) in [5.74, 6) is -0.540. The summed E-state index contributed by atoms with van der Waals surface area (Å²) in [7, 11) is 1.46. The molecule has 0 unspecified atom stereocenters. The molecule has 1 N–H and O–H groups in total. The van der Waals surface area contributed by atoms with Crippen LogP contribution in [0, 0.1) is 5.92 Å². The fourth-order valence-electron chi connectivity index (χ4n) is 3.08. The number of esters is 2. The van der Waals surface area contributed by atoms with Gasteiger partial charge in [0.05, 0.1) is 7.11 Å². The van der Waals surface area contributed by atoms with Gasteiger partial charge in [0.2, 0.25) is 11.8 Å². The van der Waals surface area contributed by atoms with Gasteiger partial charge in [0.25, 0.3) is 0 Å². The van der Waals surface area contributed by atoms with Gasteiger partial charge in [-0.2, -0.15) is 0 Å². The molecule has 1 aromatic heterocycles. The van der Waals surface area contributed by atoms with Crippen LogP contribution >= 0.6 is 11.3 Å². The molecule has 8 nitrogen and oxygen atoms in total. The summed E-state index contributed by atoms with van der Waals surface area (Å²) in [5, 5.41) is 4.59. The number of nitrogens with one attached hydrogen (secondary N) is 1. The lowest BCUT2D eigenvalue weighted by molar-refractivity contribution is -0.130. The second kappa shape index (κ2) is 10.4. The summed E-state index contributed by atoms with van der Waals surface area (Å²) in [6.45, 7) is 3.62. The van der Waals surface area contributed by atoms with Gasteiger partial charge in [0.15, 0.2) is 17.2 Å². The molecule has 1 aliphatic rings. The molecular formula is C26H22N2O6S. The number of aliphatic imine (C=N–C) groups is 1. The predicted molar refractivity (Wildman–Crippen MR) is 133 cm³/mol. The highest BCUT2D eigenvalue weighted by Crippen LogP contribution is 2.31. The van der Waals surface area contributed by atoms with Crippen molar-refractivity contribution in [1.29, 1.82) is 0 Å². The predicted octanol–water partition coefficient (Wildman–Crippen LogP) is 4.91. The summed E-state index contributed by atoms with van der Waals surface area (Å²) in [5.41, 5.74) is 1.96. The third-order valence-electron chi connectivity index (χ3n) is 4.96. The van der Waals surface area contributed by atoms with Crippen LogP contribution < -0.4 is 14.8 Å². The van der Waals surface area contributed by atoms with Crippen LogP contribution in [0.1, 0.15) is 34.6 Å². The summed E-state index contributed by atoms with van der Waals surface area (Å²) in [6, 6.07) is 15.2. The molecule has 9 heteroatoms. The first-order valence-corrected chi connectivity index (χ1v) is 11.6. The number of cyclic esters (lactones) is 1. The first-order valence-electron chi connectivity index (χ1n) is 10.7. The fourth-order valence-corrected chi connectivity index (χ4v) is 3.68. The Labute approximate surface area is 205 Å². The van der Waals surface area contributed by atoms with Crippen LogP contribution in [0.15, 0.2) is 70.7 Å². The quantitative estimate of drug-likeness (QED) is 0.287. The number of hydrogen-bond donors (Lipinski definition) is 1. The van der Waals surface area contributed by atoms with Crippen LogP contribution in [-0.4, -0.2) is 30.9 Å². The molecule has 0 fully saturated rings. The molecular weight excluding hydrogens is 468 g/mol. The van der Waals surface area contributed by atoms with Crippen molar-refractivity contribution in [3.05, 3.63) is 81.7 Å². The van der Waals surface area contributed by atoms with Gasteiger partial charge < -0.3 is 19.5 Å². The number of benzene rings is 2. The van der Waals surface area contributed by atoms with E-state index in [1.807, 2.05) is 13.8 Å². The van der Waals surface area contributed by atoms with Gasteiger partial charge in [-0.1, -0.05) is 26.0 Å². The Hall–Kier alpha value is -4.24. The second-order valence-corrected chi connectivity index (χ2v) is 8.78. The van der Waals surface area contributed by atoms with Crippen LogP contribution in [0.5, 0.6) is 11.5 Å². The van der Waals surface area contributed by atoms with Crippen molar-refractivity contribution >= 4 is 46.8 Å². The van der Waals surface area contributed by atoms with E-state index in [-0.39, 0.29) is 29.2 Å². The normalized spacial score (nSPS) is 14.0.